The number of nitrogens with two attached hydrogens (primary N) is 1. The van der Waals surface area contributed by atoms with Gasteiger partial charge in [0.25, 0.3) is 5.91 Å². The van der Waals surface area contributed by atoms with Crippen molar-refractivity contribution in [2.75, 3.05) is 18.9 Å². The highest BCUT2D eigenvalue weighted by Gasteiger charge is 2.14. The molecule has 1 fully saturated rings. The monoisotopic (exact) mass is 340 g/mol. The molecule has 5 heteroatoms. The Morgan fingerprint density at radius 2 is 2.10 bits per heavy atom. The highest BCUT2D eigenvalue weighted by molar-refractivity contribution is 9.10. The van der Waals surface area contributed by atoms with E-state index in [1.165, 1.54) is 19.3 Å². The molecule has 1 amide bonds. The summed E-state index contributed by atoms with van der Waals surface area (Å²) < 4.78 is 6.63. The topological polar surface area (TPSA) is 64.4 Å². The van der Waals surface area contributed by atoms with Gasteiger partial charge in [-0.1, -0.05) is 35.2 Å². The van der Waals surface area contributed by atoms with E-state index in [1.54, 1.807) is 12.1 Å². The molecule has 0 heterocycles. The number of carbonyl (C=O) groups excluding carboxylic acids is 1. The second-order valence-electron chi connectivity index (χ2n) is 5.12. The van der Waals surface area contributed by atoms with Gasteiger partial charge in [-0.3, -0.25) is 4.79 Å². The van der Waals surface area contributed by atoms with Crippen LogP contribution in [-0.2, 0) is 4.74 Å². The third kappa shape index (κ3) is 4.49. The van der Waals surface area contributed by atoms with E-state index in [0.29, 0.717) is 30.5 Å². The molecule has 0 saturated heterocycles. The van der Waals surface area contributed by atoms with Crippen LogP contribution in [0.15, 0.2) is 22.7 Å². The Morgan fingerprint density at radius 3 is 2.80 bits per heavy atom. The van der Waals surface area contributed by atoms with Gasteiger partial charge in [0.2, 0.25) is 0 Å². The molecule has 0 aliphatic heterocycles. The van der Waals surface area contributed by atoms with Crippen LogP contribution in [0.2, 0.25) is 0 Å². The molecule has 110 valence electrons. The first kappa shape index (κ1) is 15.3. The predicted molar refractivity (Wildman–Crippen MR) is 83.7 cm³/mol. The molecule has 0 radical (unpaired) electrons. The van der Waals surface area contributed by atoms with Gasteiger partial charge in [-0.15, -0.1) is 0 Å². The van der Waals surface area contributed by atoms with E-state index in [4.69, 9.17) is 10.5 Å². The Hall–Kier alpha value is -1.07. The quantitative estimate of drug-likeness (QED) is 0.639. The van der Waals surface area contributed by atoms with Crippen molar-refractivity contribution in [2.24, 2.45) is 0 Å². The van der Waals surface area contributed by atoms with Gasteiger partial charge >= 0.3 is 0 Å². The second kappa shape index (κ2) is 7.64. The van der Waals surface area contributed by atoms with Crippen molar-refractivity contribution in [3.05, 3.63) is 28.2 Å². The zero-order valence-electron chi connectivity index (χ0n) is 11.5. The molecule has 2 rings (SSSR count). The molecule has 0 unspecified atom stereocenters. The lowest BCUT2D eigenvalue weighted by Crippen LogP contribution is -2.29. The Labute approximate surface area is 128 Å². The maximum atomic E-state index is 12.0. The van der Waals surface area contributed by atoms with E-state index in [2.05, 4.69) is 21.2 Å². The molecule has 1 aliphatic carbocycles. The van der Waals surface area contributed by atoms with Crippen LogP contribution < -0.4 is 11.1 Å². The Morgan fingerprint density at radius 1 is 1.35 bits per heavy atom. The average molecular weight is 341 g/mol. The Bertz CT molecular complexity index is 459. The molecule has 4 nitrogen and oxygen atoms in total. The van der Waals surface area contributed by atoms with Crippen LogP contribution in [0, 0.1) is 0 Å². The van der Waals surface area contributed by atoms with Gasteiger partial charge in [-0.2, -0.15) is 0 Å². The van der Waals surface area contributed by atoms with Gasteiger partial charge in [-0.25, -0.2) is 0 Å². The maximum Gasteiger partial charge on any atom is 0.253 e. The number of carbonyl (C=O) groups is 1. The fraction of sp³-hybridized carbons (Fsp3) is 0.533. The van der Waals surface area contributed by atoms with Crippen LogP contribution in [0.25, 0.3) is 0 Å². The first-order valence-corrected chi connectivity index (χ1v) is 7.91. The van der Waals surface area contributed by atoms with E-state index in [1.807, 2.05) is 6.07 Å². The molecule has 3 N–H and O–H groups in total. The third-order valence-electron chi connectivity index (χ3n) is 3.55. The van der Waals surface area contributed by atoms with Gasteiger partial charge in [0.1, 0.15) is 0 Å². The van der Waals surface area contributed by atoms with E-state index in [9.17, 15) is 4.79 Å². The predicted octanol–water partition coefficient (Wildman–Crippen LogP) is 3.11. The van der Waals surface area contributed by atoms with Crippen LogP contribution in [-0.4, -0.2) is 25.2 Å². The van der Waals surface area contributed by atoms with E-state index < -0.39 is 0 Å². The van der Waals surface area contributed by atoms with Crippen LogP contribution in [0.1, 0.15) is 42.5 Å². The van der Waals surface area contributed by atoms with Crippen molar-refractivity contribution in [3.63, 3.8) is 0 Å². The summed E-state index contributed by atoms with van der Waals surface area (Å²) in [6.07, 6.45) is 6.50. The molecule has 0 atom stereocenters. The van der Waals surface area contributed by atoms with Gasteiger partial charge in [0.15, 0.2) is 0 Å². The van der Waals surface area contributed by atoms with Crippen molar-refractivity contribution < 1.29 is 9.53 Å². The fourth-order valence-corrected chi connectivity index (χ4v) is 2.84. The van der Waals surface area contributed by atoms with E-state index in [0.717, 1.165) is 17.3 Å². The first-order chi connectivity index (χ1) is 9.66. The number of hydrogen-bond donors (Lipinski definition) is 2. The minimum absolute atomic E-state index is 0.151. The molecule has 20 heavy (non-hydrogen) atoms. The number of ether oxygens (including phenoxy) is 1. The molecule has 1 saturated carbocycles. The Kier molecular flexibility index (Phi) is 5.86. The zero-order chi connectivity index (χ0) is 14.4. The minimum Gasteiger partial charge on any atom is -0.398 e. The first-order valence-electron chi connectivity index (χ1n) is 7.11. The number of nitrogens with one attached hydrogen (secondary N) is 1. The Balaban J connectivity index is 1.72. The lowest BCUT2D eigenvalue weighted by atomic mass is 9.98. The van der Waals surface area contributed by atoms with Crippen molar-refractivity contribution in [3.8, 4) is 0 Å². The molecule has 0 spiro atoms. The van der Waals surface area contributed by atoms with Gasteiger partial charge < -0.3 is 15.8 Å². The van der Waals surface area contributed by atoms with Crippen LogP contribution >= 0.6 is 15.9 Å². The number of hydrogen-bond acceptors (Lipinski definition) is 3. The van der Waals surface area contributed by atoms with Crippen LogP contribution in [0.3, 0.4) is 0 Å². The number of anilines is 1. The summed E-state index contributed by atoms with van der Waals surface area (Å²) in [7, 11) is 0. The summed E-state index contributed by atoms with van der Waals surface area (Å²) in [6, 6.07) is 5.26. The lowest BCUT2D eigenvalue weighted by Gasteiger charge is -2.22. The molecular formula is C15H21BrN2O2. The molecular weight excluding hydrogens is 320 g/mol. The van der Waals surface area contributed by atoms with Crippen LogP contribution in [0.4, 0.5) is 5.69 Å². The highest BCUT2D eigenvalue weighted by Crippen LogP contribution is 2.20. The third-order valence-corrected chi connectivity index (χ3v) is 4.04. The summed E-state index contributed by atoms with van der Waals surface area (Å²) in [5.41, 5.74) is 6.80. The van der Waals surface area contributed by atoms with E-state index in [-0.39, 0.29) is 5.91 Å². The fourth-order valence-electron chi connectivity index (χ4n) is 2.46. The average Bonchev–Trinajstić information content (AvgIpc) is 2.44. The van der Waals surface area contributed by atoms with Gasteiger partial charge in [0.05, 0.1) is 18.3 Å². The maximum absolute atomic E-state index is 12.0. The molecule has 0 bridgehead atoms. The minimum atomic E-state index is -0.151. The van der Waals surface area contributed by atoms with Crippen molar-refractivity contribution in [2.45, 2.75) is 38.2 Å². The molecule has 1 aliphatic rings. The van der Waals surface area contributed by atoms with Crippen LogP contribution in [0.5, 0.6) is 0 Å². The summed E-state index contributed by atoms with van der Waals surface area (Å²) >= 11 is 3.32. The molecule has 1 aromatic carbocycles. The number of amides is 1. The normalized spacial score (nSPS) is 16.1. The summed E-state index contributed by atoms with van der Waals surface area (Å²) in [6.45, 7) is 1.08. The van der Waals surface area contributed by atoms with Gasteiger partial charge in [0, 0.05) is 16.7 Å². The number of rotatable bonds is 5. The van der Waals surface area contributed by atoms with Crippen molar-refractivity contribution in [1.29, 1.82) is 0 Å². The van der Waals surface area contributed by atoms with Crippen molar-refractivity contribution >= 4 is 27.5 Å². The molecule has 1 aromatic rings. The van der Waals surface area contributed by atoms with Crippen molar-refractivity contribution in [1.82, 2.24) is 5.32 Å². The number of nitrogen functional groups attached to an aromatic ring is 1. The SMILES string of the molecule is Nc1cc(Br)ccc1C(=O)NCCOC1CCCCC1. The van der Waals surface area contributed by atoms with Gasteiger partial charge in [-0.05, 0) is 31.0 Å². The lowest BCUT2D eigenvalue weighted by molar-refractivity contribution is 0.0299. The zero-order valence-corrected chi connectivity index (χ0v) is 13.1. The standard InChI is InChI=1S/C15H21BrN2O2/c16-11-6-7-13(14(17)10-11)15(19)18-8-9-20-12-4-2-1-3-5-12/h6-7,10,12H,1-5,8-9,17H2,(H,18,19). The summed E-state index contributed by atoms with van der Waals surface area (Å²) in [5, 5.41) is 2.84. The second-order valence-corrected chi connectivity index (χ2v) is 6.03. The number of halogens is 1. The largest absolute Gasteiger partial charge is 0.398 e. The number of benzene rings is 1. The highest BCUT2D eigenvalue weighted by atomic mass is 79.9. The molecule has 0 aromatic heterocycles. The summed E-state index contributed by atoms with van der Waals surface area (Å²) in [4.78, 5) is 12.0. The summed E-state index contributed by atoms with van der Waals surface area (Å²) in [5.74, 6) is -0.151. The smallest absolute Gasteiger partial charge is 0.253 e. The van der Waals surface area contributed by atoms with E-state index >= 15 is 0 Å².